The summed E-state index contributed by atoms with van der Waals surface area (Å²) in [5.74, 6) is 1.39. The van der Waals surface area contributed by atoms with Crippen molar-refractivity contribution in [3.8, 4) is 11.5 Å². The Hall–Kier alpha value is -3.14. The Balaban J connectivity index is 1.67. The summed E-state index contributed by atoms with van der Waals surface area (Å²) in [7, 11) is 0. The maximum atomic E-state index is 12.4. The average molecular weight is 332 g/mol. The minimum atomic E-state index is -0.0551. The summed E-state index contributed by atoms with van der Waals surface area (Å²) in [4.78, 5) is 16.5. The quantitative estimate of drug-likeness (QED) is 0.690. The van der Waals surface area contributed by atoms with E-state index in [0.29, 0.717) is 17.9 Å². The highest BCUT2D eigenvalue weighted by atomic mass is 16.5. The van der Waals surface area contributed by atoms with Gasteiger partial charge < -0.3 is 10.1 Å². The van der Waals surface area contributed by atoms with Crippen molar-refractivity contribution in [3.63, 3.8) is 0 Å². The molecular formula is C21H20N2O2. The molecule has 1 heterocycles. The standard InChI is InChI=1S/C21H20N2O2/c1-16(17-8-7-13-22-15-17)14-21(24)23-19-11-5-6-12-20(19)25-18-9-3-2-4-10-18/h2-13,15-16H,14H2,1H3,(H,23,24). The van der Waals surface area contributed by atoms with Crippen molar-refractivity contribution in [2.24, 2.45) is 0 Å². The number of hydrogen-bond donors (Lipinski definition) is 1. The molecule has 1 unspecified atom stereocenters. The molecule has 1 N–H and O–H groups in total. The Labute approximate surface area is 147 Å². The first kappa shape index (κ1) is 16.7. The molecule has 0 aliphatic carbocycles. The van der Waals surface area contributed by atoms with Crippen LogP contribution in [0.25, 0.3) is 0 Å². The van der Waals surface area contributed by atoms with Gasteiger partial charge in [0.1, 0.15) is 5.75 Å². The Bertz CT molecular complexity index is 820. The maximum Gasteiger partial charge on any atom is 0.225 e. The van der Waals surface area contributed by atoms with Crippen LogP contribution in [0.1, 0.15) is 24.8 Å². The Morgan fingerprint density at radius 1 is 1.04 bits per heavy atom. The molecule has 0 saturated carbocycles. The summed E-state index contributed by atoms with van der Waals surface area (Å²) in [6.07, 6.45) is 3.91. The number of nitrogens with zero attached hydrogens (tertiary/aromatic N) is 1. The Morgan fingerprint density at radius 3 is 2.56 bits per heavy atom. The topological polar surface area (TPSA) is 51.2 Å². The molecular weight excluding hydrogens is 312 g/mol. The van der Waals surface area contributed by atoms with Gasteiger partial charge >= 0.3 is 0 Å². The molecule has 4 nitrogen and oxygen atoms in total. The monoisotopic (exact) mass is 332 g/mol. The number of hydrogen-bond acceptors (Lipinski definition) is 3. The van der Waals surface area contributed by atoms with Crippen LogP contribution >= 0.6 is 0 Å². The van der Waals surface area contributed by atoms with E-state index in [1.807, 2.05) is 73.7 Å². The molecule has 0 spiro atoms. The maximum absolute atomic E-state index is 12.4. The largest absolute Gasteiger partial charge is 0.455 e. The molecule has 3 aromatic rings. The molecule has 3 rings (SSSR count). The van der Waals surface area contributed by atoms with E-state index in [2.05, 4.69) is 10.3 Å². The van der Waals surface area contributed by atoms with Crippen molar-refractivity contribution in [2.45, 2.75) is 19.3 Å². The summed E-state index contributed by atoms with van der Waals surface area (Å²) in [6, 6.07) is 20.8. The molecule has 25 heavy (non-hydrogen) atoms. The van der Waals surface area contributed by atoms with Crippen LogP contribution in [0.15, 0.2) is 79.1 Å². The smallest absolute Gasteiger partial charge is 0.225 e. The summed E-state index contributed by atoms with van der Waals surface area (Å²) < 4.78 is 5.88. The van der Waals surface area contributed by atoms with Gasteiger partial charge in [0.05, 0.1) is 5.69 Å². The van der Waals surface area contributed by atoms with E-state index in [0.717, 1.165) is 11.3 Å². The summed E-state index contributed by atoms with van der Waals surface area (Å²) in [5.41, 5.74) is 1.71. The van der Waals surface area contributed by atoms with E-state index in [4.69, 9.17) is 4.74 Å². The number of anilines is 1. The lowest BCUT2D eigenvalue weighted by molar-refractivity contribution is -0.116. The fourth-order valence-electron chi connectivity index (χ4n) is 2.54. The molecule has 4 heteroatoms. The highest BCUT2D eigenvalue weighted by Gasteiger charge is 2.13. The Kier molecular flexibility index (Phi) is 5.42. The average Bonchev–Trinajstić information content (AvgIpc) is 2.65. The highest BCUT2D eigenvalue weighted by molar-refractivity contribution is 5.92. The van der Waals surface area contributed by atoms with Crippen molar-refractivity contribution in [1.82, 2.24) is 4.98 Å². The van der Waals surface area contributed by atoms with Gasteiger partial charge in [0, 0.05) is 18.8 Å². The first-order chi connectivity index (χ1) is 12.2. The van der Waals surface area contributed by atoms with Crippen LogP contribution in [-0.4, -0.2) is 10.9 Å². The summed E-state index contributed by atoms with van der Waals surface area (Å²) >= 11 is 0. The van der Waals surface area contributed by atoms with Crippen molar-refractivity contribution < 1.29 is 9.53 Å². The van der Waals surface area contributed by atoms with Crippen molar-refractivity contribution in [1.29, 1.82) is 0 Å². The number of carbonyl (C=O) groups is 1. The number of pyridine rings is 1. The fraction of sp³-hybridized carbons (Fsp3) is 0.143. The highest BCUT2D eigenvalue weighted by Crippen LogP contribution is 2.29. The van der Waals surface area contributed by atoms with Crippen LogP contribution < -0.4 is 10.1 Å². The third kappa shape index (κ3) is 4.67. The van der Waals surface area contributed by atoms with Crippen LogP contribution in [0.5, 0.6) is 11.5 Å². The SMILES string of the molecule is CC(CC(=O)Nc1ccccc1Oc1ccccc1)c1cccnc1. The second-order valence-corrected chi connectivity index (χ2v) is 5.85. The molecule has 2 aromatic carbocycles. The van der Waals surface area contributed by atoms with Gasteiger partial charge in [-0.3, -0.25) is 9.78 Å². The van der Waals surface area contributed by atoms with Crippen LogP contribution in [0.4, 0.5) is 5.69 Å². The van der Waals surface area contributed by atoms with Gasteiger partial charge in [-0.05, 0) is 41.8 Å². The van der Waals surface area contributed by atoms with E-state index in [1.54, 1.807) is 12.4 Å². The molecule has 0 aliphatic heterocycles. The fourth-order valence-corrected chi connectivity index (χ4v) is 2.54. The zero-order valence-electron chi connectivity index (χ0n) is 14.1. The van der Waals surface area contributed by atoms with Crippen LogP contribution in [-0.2, 0) is 4.79 Å². The first-order valence-corrected chi connectivity index (χ1v) is 8.24. The molecule has 0 bridgehead atoms. The third-order valence-electron chi connectivity index (χ3n) is 3.88. The van der Waals surface area contributed by atoms with Gasteiger partial charge in [0.15, 0.2) is 5.75 Å². The van der Waals surface area contributed by atoms with Gasteiger partial charge in [-0.25, -0.2) is 0 Å². The summed E-state index contributed by atoms with van der Waals surface area (Å²) in [6.45, 7) is 2.02. The molecule has 0 radical (unpaired) electrons. The van der Waals surface area contributed by atoms with E-state index in [-0.39, 0.29) is 11.8 Å². The number of ether oxygens (including phenoxy) is 1. The predicted molar refractivity (Wildman–Crippen MR) is 98.9 cm³/mol. The number of aromatic nitrogens is 1. The second-order valence-electron chi connectivity index (χ2n) is 5.85. The molecule has 1 amide bonds. The number of rotatable bonds is 6. The van der Waals surface area contributed by atoms with E-state index in [1.165, 1.54) is 0 Å². The van der Waals surface area contributed by atoms with E-state index in [9.17, 15) is 4.79 Å². The van der Waals surface area contributed by atoms with E-state index >= 15 is 0 Å². The number of amides is 1. The predicted octanol–water partition coefficient (Wildman–Crippen LogP) is 5.01. The van der Waals surface area contributed by atoms with Gasteiger partial charge in [-0.15, -0.1) is 0 Å². The lowest BCUT2D eigenvalue weighted by atomic mass is 9.99. The van der Waals surface area contributed by atoms with Gasteiger partial charge in [0.25, 0.3) is 0 Å². The number of benzene rings is 2. The number of para-hydroxylation sites is 3. The molecule has 1 atom stereocenters. The van der Waals surface area contributed by atoms with Crippen molar-refractivity contribution in [2.75, 3.05) is 5.32 Å². The molecule has 0 fully saturated rings. The number of carbonyl (C=O) groups excluding carboxylic acids is 1. The second kappa shape index (κ2) is 8.11. The lowest BCUT2D eigenvalue weighted by Crippen LogP contribution is -2.15. The molecule has 0 aliphatic rings. The molecule has 126 valence electrons. The minimum absolute atomic E-state index is 0.0551. The molecule has 1 aromatic heterocycles. The van der Waals surface area contributed by atoms with Crippen LogP contribution in [0.2, 0.25) is 0 Å². The van der Waals surface area contributed by atoms with E-state index < -0.39 is 0 Å². The van der Waals surface area contributed by atoms with Crippen molar-refractivity contribution in [3.05, 3.63) is 84.7 Å². The normalized spacial score (nSPS) is 11.6. The lowest BCUT2D eigenvalue weighted by Gasteiger charge is -2.14. The van der Waals surface area contributed by atoms with Crippen molar-refractivity contribution >= 4 is 11.6 Å². The zero-order valence-corrected chi connectivity index (χ0v) is 14.1. The van der Waals surface area contributed by atoms with Crippen LogP contribution in [0.3, 0.4) is 0 Å². The zero-order chi connectivity index (χ0) is 17.5. The van der Waals surface area contributed by atoms with Crippen LogP contribution in [0, 0.1) is 0 Å². The van der Waals surface area contributed by atoms with Gasteiger partial charge in [0.2, 0.25) is 5.91 Å². The van der Waals surface area contributed by atoms with Gasteiger partial charge in [-0.2, -0.15) is 0 Å². The Morgan fingerprint density at radius 2 is 1.80 bits per heavy atom. The minimum Gasteiger partial charge on any atom is -0.455 e. The summed E-state index contributed by atoms with van der Waals surface area (Å²) in [5, 5.41) is 2.95. The number of nitrogens with one attached hydrogen (secondary N) is 1. The third-order valence-corrected chi connectivity index (χ3v) is 3.88. The van der Waals surface area contributed by atoms with Gasteiger partial charge in [-0.1, -0.05) is 43.3 Å². The molecule has 0 saturated heterocycles. The first-order valence-electron chi connectivity index (χ1n) is 8.24.